The molecule has 2 aromatic carbocycles. The number of phenolic OH excluding ortho intramolecular Hbond substituents is 1. The second-order valence-corrected chi connectivity index (χ2v) is 12.6. The summed E-state index contributed by atoms with van der Waals surface area (Å²) in [7, 11) is 0. The number of aliphatic hydroxyl groups excluding tert-OH is 1. The molecule has 1 atom stereocenters. The van der Waals surface area contributed by atoms with E-state index in [0.29, 0.717) is 32.0 Å². The van der Waals surface area contributed by atoms with E-state index in [-0.39, 0.29) is 34.5 Å². The van der Waals surface area contributed by atoms with Crippen molar-refractivity contribution in [3.63, 3.8) is 0 Å². The molecule has 1 aliphatic heterocycles. The van der Waals surface area contributed by atoms with E-state index in [1.165, 1.54) is 22.7 Å². The van der Waals surface area contributed by atoms with E-state index in [0.717, 1.165) is 22.5 Å². The minimum absolute atomic E-state index is 0.103. The Balaban J connectivity index is 1.47. The van der Waals surface area contributed by atoms with Gasteiger partial charge in [-0.05, 0) is 61.7 Å². The van der Waals surface area contributed by atoms with Crippen molar-refractivity contribution in [2.45, 2.75) is 36.9 Å². The van der Waals surface area contributed by atoms with Crippen molar-refractivity contribution in [1.29, 1.82) is 0 Å². The first-order chi connectivity index (χ1) is 21.2. The number of thioether (sulfide) groups is 1. The van der Waals surface area contributed by atoms with Gasteiger partial charge in [-0.2, -0.15) is 0 Å². The molecule has 1 aliphatic rings. The molecular formula is C31H26ClN5O5S2. The molecule has 0 saturated carbocycles. The van der Waals surface area contributed by atoms with Crippen molar-refractivity contribution in [1.82, 2.24) is 19.6 Å². The first kappa shape index (κ1) is 29.7. The number of carbonyl (C=O) groups excluding carboxylic acids is 2. The van der Waals surface area contributed by atoms with E-state index in [2.05, 4.69) is 15.2 Å². The summed E-state index contributed by atoms with van der Waals surface area (Å²) in [5.41, 5.74) is 3.45. The summed E-state index contributed by atoms with van der Waals surface area (Å²) in [6.45, 7) is 5.72. The van der Waals surface area contributed by atoms with Crippen LogP contribution in [0.5, 0.6) is 11.5 Å². The van der Waals surface area contributed by atoms with E-state index >= 15 is 0 Å². The normalized spacial score (nSPS) is 16.3. The highest BCUT2D eigenvalue weighted by molar-refractivity contribution is 8.00. The van der Waals surface area contributed by atoms with Crippen molar-refractivity contribution in [3.05, 3.63) is 99.5 Å². The van der Waals surface area contributed by atoms with E-state index in [9.17, 15) is 19.8 Å². The molecule has 0 radical (unpaired) electrons. The number of ether oxygens (including phenoxy) is 1. The van der Waals surface area contributed by atoms with Gasteiger partial charge in [0.05, 0.1) is 23.9 Å². The van der Waals surface area contributed by atoms with Crippen LogP contribution in [-0.4, -0.2) is 48.1 Å². The van der Waals surface area contributed by atoms with E-state index < -0.39 is 23.5 Å². The Labute approximate surface area is 265 Å². The number of benzene rings is 2. The summed E-state index contributed by atoms with van der Waals surface area (Å²) in [4.78, 5) is 33.3. The molecule has 1 fully saturated rings. The molecule has 3 aromatic heterocycles. The molecule has 0 spiro atoms. The average molecular weight is 648 g/mol. The van der Waals surface area contributed by atoms with Gasteiger partial charge in [-0.25, -0.2) is 4.98 Å². The minimum atomic E-state index is -1.10. The van der Waals surface area contributed by atoms with Gasteiger partial charge in [0.1, 0.15) is 11.3 Å². The maximum absolute atomic E-state index is 13.7. The third kappa shape index (κ3) is 5.18. The Hall–Kier alpha value is -4.39. The van der Waals surface area contributed by atoms with Gasteiger partial charge in [-0.15, -0.1) is 10.2 Å². The Bertz CT molecular complexity index is 1970. The summed E-state index contributed by atoms with van der Waals surface area (Å²) < 4.78 is 7.98. The second kappa shape index (κ2) is 11.9. The smallest absolute Gasteiger partial charge is 0.301 e. The van der Waals surface area contributed by atoms with Crippen molar-refractivity contribution in [2.75, 3.05) is 11.5 Å². The number of fused-ring (bicyclic) bond motifs is 1. The molecule has 6 rings (SSSR count). The predicted octanol–water partition coefficient (Wildman–Crippen LogP) is 6.48. The summed E-state index contributed by atoms with van der Waals surface area (Å²) in [6, 6.07) is 14.7. The van der Waals surface area contributed by atoms with Crippen LogP contribution in [0.3, 0.4) is 0 Å². The zero-order valence-corrected chi connectivity index (χ0v) is 26.2. The lowest BCUT2D eigenvalue weighted by molar-refractivity contribution is -0.132. The standard InChI is InChI=1S/C31H26ClN5O5S2/c1-4-42-22-14-18(11-12-21(22)38)25-23(26(39)24-17(3)36-13-7-8-16(2)28(36)33-24)27(40)29(41)37(25)30-34-35-31(44-30)43-15-19-9-5-6-10-20(19)32/h5-14,25,38-39H,4,15H2,1-3H3/b26-23+. The third-order valence-electron chi connectivity index (χ3n) is 7.26. The Morgan fingerprint density at radius 2 is 1.91 bits per heavy atom. The molecule has 2 N–H and O–H groups in total. The molecule has 224 valence electrons. The number of Topliss-reactive ketones (excluding diaryl/α,β-unsaturated/α-hetero) is 1. The Morgan fingerprint density at radius 1 is 1.11 bits per heavy atom. The van der Waals surface area contributed by atoms with Gasteiger partial charge in [0.2, 0.25) is 5.13 Å². The summed E-state index contributed by atoms with van der Waals surface area (Å²) in [5, 5.41) is 31.4. The number of carbonyl (C=O) groups is 2. The SMILES string of the molecule is CCOc1cc(C2/C(=C(\O)c3nc4c(C)cccn4c3C)C(=O)C(=O)N2c2nnc(SCc3ccccc3Cl)s2)ccc1O. The molecule has 1 unspecified atom stereocenters. The maximum atomic E-state index is 13.7. The predicted molar refractivity (Wildman–Crippen MR) is 170 cm³/mol. The second-order valence-electron chi connectivity index (χ2n) is 9.99. The molecule has 0 aliphatic carbocycles. The van der Waals surface area contributed by atoms with Gasteiger partial charge in [-0.3, -0.25) is 14.5 Å². The van der Waals surface area contributed by atoms with Crippen LogP contribution in [0.1, 0.15) is 41.0 Å². The van der Waals surface area contributed by atoms with Gasteiger partial charge in [-0.1, -0.05) is 65.0 Å². The number of imidazole rings is 1. The zero-order chi connectivity index (χ0) is 31.1. The first-order valence-electron chi connectivity index (χ1n) is 13.6. The Morgan fingerprint density at radius 3 is 2.66 bits per heavy atom. The van der Waals surface area contributed by atoms with Gasteiger partial charge in [0.25, 0.3) is 5.78 Å². The number of nitrogens with zero attached hydrogens (tertiary/aromatic N) is 5. The number of hydrogen-bond acceptors (Lipinski definition) is 10. The molecule has 5 aromatic rings. The highest BCUT2D eigenvalue weighted by atomic mass is 35.5. The number of amides is 1. The van der Waals surface area contributed by atoms with Crippen LogP contribution in [0.25, 0.3) is 11.4 Å². The van der Waals surface area contributed by atoms with Gasteiger partial charge < -0.3 is 19.4 Å². The highest BCUT2D eigenvalue weighted by Gasteiger charge is 2.49. The molecule has 1 amide bonds. The molecule has 10 nitrogen and oxygen atoms in total. The number of halogens is 1. The minimum Gasteiger partial charge on any atom is -0.505 e. The number of hydrogen-bond donors (Lipinski definition) is 2. The van der Waals surface area contributed by atoms with Crippen LogP contribution in [0.15, 0.2) is 70.7 Å². The zero-order valence-electron chi connectivity index (χ0n) is 23.8. The average Bonchev–Trinajstić information content (AvgIpc) is 3.69. The van der Waals surface area contributed by atoms with Gasteiger partial charge >= 0.3 is 5.91 Å². The topological polar surface area (TPSA) is 130 Å². The molecule has 0 bridgehead atoms. The highest BCUT2D eigenvalue weighted by Crippen LogP contribution is 2.46. The van der Waals surface area contributed by atoms with Crippen molar-refractivity contribution < 1.29 is 24.5 Å². The lowest BCUT2D eigenvalue weighted by Crippen LogP contribution is -2.29. The number of aliphatic hydroxyl groups is 1. The molecule has 13 heteroatoms. The fraction of sp³-hybridized carbons (Fsp3) is 0.194. The lowest BCUT2D eigenvalue weighted by Gasteiger charge is -2.23. The van der Waals surface area contributed by atoms with Crippen molar-refractivity contribution in [3.8, 4) is 11.5 Å². The van der Waals surface area contributed by atoms with Crippen LogP contribution >= 0.6 is 34.7 Å². The molecule has 4 heterocycles. The van der Waals surface area contributed by atoms with Crippen LogP contribution in [-0.2, 0) is 15.3 Å². The number of ketones is 1. The fourth-order valence-corrected chi connectivity index (χ4v) is 7.26. The van der Waals surface area contributed by atoms with E-state index in [4.69, 9.17) is 16.3 Å². The lowest BCUT2D eigenvalue weighted by atomic mass is 9.96. The third-order valence-corrected chi connectivity index (χ3v) is 9.74. The quantitative estimate of drug-likeness (QED) is 0.0639. The number of aromatic hydroxyl groups is 1. The van der Waals surface area contributed by atoms with Crippen LogP contribution in [0.4, 0.5) is 5.13 Å². The fourth-order valence-electron chi connectivity index (χ4n) is 5.10. The van der Waals surface area contributed by atoms with Crippen molar-refractivity contribution >= 4 is 62.9 Å². The number of aryl methyl sites for hydroxylation is 2. The van der Waals surface area contributed by atoms with Crippen LogP contribution in [0, 0.1) is 13.8 Å². The first-order valence-corrected chi connectivity index (χ1v) is 15.8. The van der Waals surface area contributed by atoms with Gasteiger partial charge in [0.15, 0.2) is 21.6 Å². The number of rotatable bonds is 8. The summed E-state index contributed by atoms with van der Waals surface area (Å²) in [6.07, 6.45) is 1.81. The van der Waals surface area contributed by atoms with Crippen LogP contribution in [0.2, 0.25) is 5.02 Å². The molecule has 44 heavy (non-hydrogen) atoms. The number of pyridine rings is 1. The van der Waals surface area contributed by atoms with Gasteiger partial charge in [0, 0.05) is 17.0 Å². The maximum Gasteiger partial charge on any atom is 0.301 e. The molecular weight excluding hydrogens is 622 g/mol. The van der Waals surface area contributed by atoms with E-state index in [1.54, 1.807) is 26.0 Å². The Kier molecular flexibility index (Phi) is 8.06. The van der Waals surface area contributed by atoms with Crippen LogP contribution < -0.4 is 9.64 Å². The summed E-state index contributed by atoms with van der Waals surface area (Å²) in [5.74, 6) is -1.60. The molecule has 1 saturated heterocycles. The number of aromatic nitrogens is 4. The van der Waals surface area contributed by atoms with E-state index in [1.807, 2.05) is 53.9 Å². The van der Waals surface area contributed by atoms with Crippen molar-refractivity contribution in [2.24, 2.45) is 0 Å². The summed E-state index contributed by atoms with van der Waals surface area (Å²) >= 11 is 8.85. The number of anilines is 1. The monoisotopic (exact) mass is 647 g/mol. The number of phenols is 1. The largest absolute Gasteiger partial charge is 0.505 e.